The third kappa shape index (κ3) is 2.95. The molecule has 1 aliphatic rings. The number of amides is 1. The molecule has 3 heteroatoms. The molecule has 1 aromatic heterocycles. The first-order valence-corrected chi connectivity index (χ1v) is 7.19. The van der Waals surface area contributed by atoms with E-state index >= 15 is 0 Å². The van der Waals surface area contributed by atoms with Crippen molar-refractivity contribution in [2.75, 3.05) is 0 Å². The summed E-state index contributed by atoms with van der Waals surface area (Å²) in [6.45, 7) is 4.20. The predicted molar refractivity (Wildman–Crippen MR) is 73.3 cm³/mol. The van der Waals surface area contributed by atoms with E-state index in [0.717, 1.165) is 38.5 Å². The summed E-state index contributed by atoms with van der Waals surface area (Å²) in [4.78, 5) is 15.4. The van der Waals surface area contributed by atoms with Gasteiger partial charge in [0.25, 0.3) is 0 Å². The van der Waals surface area contributed by atoms with Gasteiger partial charge in [-0.05, 0) is 37.3 Å². The lowest BCUT2D eigenvalue weighted by Gasteiger charge is -2.25. The molecule has 2 atom stereocenters. The molecular weight excluding hydrogens is 224 g/mol. The van der Waals surface area contributed by atoms with Crippen molar-refractivity contribution < 1.29 is 4.79 Å². The van der Waals surface area contributed by atoms with E-state index in [0.29, 0.717) is 0 Å². The van der Waals surface area contributed by atoms with Gasteiger partial charge in [0.2, 0.25) is 5.91 Å². The topological polar surface area (TPSA) is 44.9 Å². The number of hydrogen-bond acceptors (Lipinski definition) is 1. The summed E-state index contributed by atoms with van der Waals surface area (Å²) in [6.07, 6.45) is 8.60. The summed E-state index contributed by atoms with van der Waals surface area (Å²) < 4.78 is 0. The van der Waals surface area contributed by atoms with Gasteiger partial charge in [0.15, 0.2) is 0 Å². The number of unbranched alkanes of at least 4 members (excludes halogenated alkanes) is 1. The van der Waals surface area contributed by atoms with Crippen LogP contribution in [0.15, 0.2) is 12.3 Å². The monoisotopic (exact) mass is 248 g/mol. The zero-order valence-corrected chi connectivity index (χ0v) is 11.5. The van der Waals surface area contributed by atoms with Crippen LogP contribution in [-0.4, -0.2) is 10.9 Å². The summed E-state index contributed by atoms with van der Waals surface area (Å²) in [5, 5.41) is 3.21. The minimum atomic E-state index is 0.134. The fourth-order valence-corrected chi connectivity index (χ4v) is 2.70. The molecule has 0 unspecified atom stereocenters. The maximum atomic E-state index is 12.1. The number of aromatic nitrogens is 1. The maximum Gasteiger partial charge on any atom is 0.223 e. The van der Waals surface area contributed by atoms with E-state index in [1.165, 1.54) is 11.3 Å². The molecular formula is C15H24N2O. The highest BCUT2D eigenvalue weighted by atomic mass is 16.1. The van der Waals surface area contributed by atoms with Crippen molar-refractivity contribution in [2.24, 2.45) is 5.92 Å². The minimum Gasteiger partial charge on any atom is -0.365 e. The molecule has 2 rings (SSSR count). The molecule has 100 valence electrons. The van der Waals surface area contributed by atoms with Crippen molar-refractivity contribution in [3.05, 3.63) is 23.5 Å². The van der Waals surface area contributed by atoms with E-state index in [1.54, 1.807) is 0 Å². The maximum absolute atomic E-state index is 12.1. The molecule has 3 nitrogen and oxygen atoms in total. The smallest absolute Gasteiger partial charge is 0.223 e. The first kappa shape index (κ1) is 13.2. The van der Waals surface area contributed by atoms with Crippen molar-refractivity contribution in [2.45, 2.75) is 58.4 Å². The molecule has 0 spiro atoms. The lowest BCUT2D eigenvalue weighted by Crippen LogP contribution is -2.34. The van der Waals surface area contributed by atoms with Crippen LogP contribution in [0.4, 0.5) is 0 Å². The summed E-state index contributed by atoms with van der Waals surface area (Å²) in [5.41, 5.74) is 2.59. The number of nitrogens with one attached hydrogen (secondary N) is 2. The number of aromatic amines is 1. The molecule has 0 aliphatic heterocycles. The Morgan fingerprint density at radius 2 is 2.44 bits per heavy atom. The molecule has 1 aromatic rings. The standard InChI is InChI=1S/C15H24N2O/c1-3-4-6-11(2)15(18)17-14-8-5-7-13-12(14)9-10-16-13/h9-11,14,16H,3-8H2,1-2H3,(H,17,18)/t11-,14+/m1/s1. The number of rotatable bonds is 5. The Bertz CT molecular complexity index is 397. The Labute approximate surface area is 109 Å². The molecule has 18 heavy (non-hydrogen) atoms. The van der Waals surface area contributed by atoms with Gasteiger partial charge < -0.3 is 10.3 Å². The zero-order valence-electron chi connectivity index (χ0n) is 11.5. The Kier molecular flexibility index (Phi) is 4.45. The fraction of sp³-hybridized carbons (Fsp3) is 0.667. The zero-order chi connectivity index (χ0) is 13.0. The fourth-order valence-electron chi connectivity index (χ4n) is 2.70. The lowest BCUT2D eigenvalue weighted by molar-refractivity contribution is -0.125. The van der Waals surface area contributed by atoms with Gasteiger partial charge >= 0.3 is 0 Å². The van der Waals surface area contributed by atoms with Gasteiger partial charge in [0.1, 0.15) is 0 Å². The minimum absolute atomic E-state index is 0.134. The number of carbonyl (C=O) groups is 1. The van der Waals surface area contributed by atoms with Gasteiger partial charge in [0, 0.05) is 17.8 Å². The summed E-state index contributed by atoms with van der Waals surface area (Å²) in [7, 11) is 0. The molecule has 2 N–H and O–H groups in total. The quantitative estimate of drug-likeness (QED) is 0.824. The van der Waals surface area contributed by atoms with Crippen LogP contribution in [0.2, 0.25) is 0 Å². The first-order chi connectivity index (χ1) is 8.72. The van der Waals surface area contributed by atoms with Crippen LogP contribution in [0.25, 0.3) is 0 Å². The third-order valence-electron chi connectivity index (χ3n) is 3.92. The normalized spacial score (nSPS) is 20.2. The van der Waals surface area contributed by atoms with E-state index in [-0.39, 0.29) is 17.9 Å². The summed E-state index contributed by atoms with van der Waals surface area (Å²) in [6, 6.07) is 2.33. The predicted octanol–water partition coefficient (Wildman–Crippen LogP) is 3.33. The molecule has 0 fully saturated rings. The van der Waals surface area contributed by atoms with Gasteiger partial charge in [-0.3, -0.25) is 4.79 Å². The van der Waals surface area contributed by atoms with Crippen molar-refractivity contribution in [1.82, 2.24) is 10.3 Å². The summed E-state index contributed by atoms with van der Waals surface area (Å²) >= 11 is 0. The van der Waals surface area contributed by atoms with E-state index in [9.17, 15) is 4.79 Å². The molecule has 0 radical (unpaired) electrons. The van der Waals surface area contributed by atoms with Gasteiger partial charge in [-0.2, -0.15) is 0 Å². The highest BCUT2D eigenvalue weighted by molar-refractivity contribution is 5.78. The summed E-state index contributed by atoms with van der Waals surface area (Å²) in [5.74, 6) is 0.344. The van der Waals surface area contributed by atoms with Crippen LogP contribution < -0.4 is 5.32 Å². The molecule has 0 aromatic carbocycles. The van der Waals surface area contributed by atoms with Crippen LogP contribution in [0.1, 0.15) is 63.3 Å². The van der Waals surface area contributed by atoms with Crippen LogP contribution in [-0.2, 0) is 11.2 Å². The van der Waals surface area contributed by atoms with Crippen molar-refractivity contribution in [3.63, 3.8) is 0 Å². The lowest BCUT2D eigenvalue weighted by atomic mass is 9.92. The van der Waals surface area contributed by atoms with Gasteiger partial charge in [0.05, 0.1) is 6.04 Å². The highest BCUT2D eigenvalue weighted by Crippen LogP contribution is 2.29. The van der Waals surface area contributed by atoms with Crippen LogP contribution >= 0.6 is 0 Å². The second-order valence-electron chi connectivity index (χ2n) is 5.41. The Morgan fingerprint density at radius 1 is 1.61 bits per heavy atom. The molecule has 1 amide bonds. The van der Waals surface area contributed by atoms with Gasteiger partial charge in [-0.1, -0.05) is 26.7 Å². The Balaban J connectivity index is 1.93. The number of H-pyrrole nitrogens is 1. The van der Waals surface area contributed by atoms with E-state index in [2.05, 4.69) is 23.3 Å². The van der Waals surface area contributed by atoms with Crippen LogP contribution in [0, 0.1) is 5.92 Å². The number of aryl methyl sites for hydroxylation is 1. The van der Waals surface area contributed by atoms with Crippen molar-refractivity contribution in [3.8, 4) is 0 Å². The first-order valence-electron chi connectivity index (χ1n) is 7.19. The van der Waals surface area contributed by atoms with Gasteiger partial charge in [-0.15, -0.1) is 0 Å². The van der Waals surface area contributed by atoms with Crippen LogP contribution in [0.5, 0.6) is 0 Å². The average Bonchev–Trinajstić information content (AvgIpc) is 2.85. The second kappa shape index (κ2) is 6.07. The number of carbonyl (C=O) groups excluding carboxylic acids is 1. The van der Waals surface area contributed by atoms with E-state index in [1.807, 2.05) is 13.1 Å². The number of hydrogen-bond donors (Lipinski definition) is 2. The van der Waals surface area contributed by atoms with Crippen molar-refractivity contribution >= 4 is 5.91 Å². The SMILES string of the molecule is CCCC[C@@H](C)C(=O)N[C@H]1CCCc2[nH]ccc21. The Morgan fingerprint density at radius 3 is 3.22 bits per heavy atom. The average molecular weight is 248 g/mol. The van der Waals surface area contributed by atoms with Gasteiger partial charge in [-0.25, -0.2) is 0 Å². The molecule has 0 bridgehead atoms. The largest absolute Gasteiger partial charge is 0.365 e. The number of fused-ring (bicyclic) bond motifs is 1. The van der Waals surface area contributed by atoms with Crippen LogP contribution in [0.3, 0.4) is 0 Å². The van der Waals surface area contributed by atoms with E-state index < -0.39 is 0 Å². The van der Waals surface area contributed by atoms with Crippen molar-refractivity contribution in [1.29, 1.82) is 0 Å². The second-order valence-corrected chi connectivity index (χ2v) is 5.41. The third-order valence-corrected chi connectivity index (χ3v) is 3.92. The molecule has 0 saturated carbocycles. The van der Waals surface area contributed by atoms with E-state index in [4.69, 9.17) is 0 Å². The Hall–Kier alpha value is -1.25. The molecule has 0 saturated heterocycles. The molecule has 1 heterocycles. The molecule has 1 aliphatic carbocycles. The highest BCUT2D eigenvalue weighted by Gasteiger charge is 2.24.